The standard InChI is InChI=1S/C8H8.C2H6N2.C2H7N.2CH4/c1-2-8-6-4-3-5-7-8;1-3-2-4-1;1-2-3;;/h2-7H,1H2;3-4H,1-2H2;2-3H2,1H3;2*1H4. The summed E-state index contributed by atoms with van der Waals surface area (Å²) in [7, 11) is 0. The van der Waals surface area contributed by atoms with Gasteiger partial charge in [0.15, 0.2) is 0 Å². The van der Waals surface area contributed by atoms with Gasteiger partial charge in [0.05, 0.1) is 0 Å². The van der Waals surface area contributed by atoms with E-state index in [2.05, 4.69) is 17.2 Å². The van der Waals surface area contributed by atoms with Crippen LogP contribution in [0.25, 0.3) is 6.08 Å². The highest BCUT2D eigenvalue weighted by Crippen LogP contribution is 1.97. The molecule has 0 saturated carbocycles. The molecule has 1 fully saturated rings. The lowest BCUT2D eigenvalue weighted by Gasteiger charge is -2.13. The van der Waals surface area contributed by atoms with Gasteiger partial charge >= 0.3 is 0 Å². The van der Waals surface area contributed by atoms with Crippen LogP contribution in [-0.4, -0.2) is 19.9 Å². The summed E-state index contributed by atoms with van der Waals surface area (Å²) in [6, 6.07) is 10.0. The van der Waals surface area contributed by atoms with Crippen molar-refractivity contribution < 1.29 is 0 Å². The van der Waals surface area contributed by atoms with Gasteiger partial charge in [-0.2, -0.15) is 0 Å². The fraction of sp³-hybridized carbons (Fsp3) is 0.429. The molecule has 0 aromatic heterocycles. The molecule has 0 aliphatic carbocycles. The van der Waals surface area contributed by atoms with E-state index in [1.54, 1.807) is 0 Å². The zero-order valence-corrected chi connectivity index (χ0v) is 9.37. The smallest absolute Gasteiger partial charge is 0.0474 e. The van der Waals surface area contributed by atoms with Crippen LogP contribution in [0.5, 0.6) is 0 Å². The highest BCUT2D eigenvalue weighted by Gasteiger charge is 1.89. The molecule has 0 radical (unpaired) electrons. The van der Waals surface area contributed by atoms with Crippen molar-refractivity contribution in [1.29, 1.82) is 0 Å². The molecule has 3 nitrogen and oxygen atoms in total. The van der Waals surface area contributed by atoms with Gasteiger partial charge in [0.1, 0.15) is 0 Å². The van der Waals surface area contributed by atoms with Gasteiger partial charge < -0.3 is 5.73 Å². The Morgan fingerprint density at radius 2 is 1.53 bits per heavy atom. The van der Waals surface area contributed by atoms with E-state index in [-0.39, 0.29) is 14.9 Å². The second-order valence-corrected chi connectivity index (χ2v) is 2.88. The Hall–Kier alpha value is -1.16. The lowest BCUT2D eigenvalue weighted by Crippen LogP contribution is -2.47. The molecule has 0 bridgehead atoms. The molecular weight excluding hydrogens is 210 g/mol. The number of rotatable bonds is 1. The number of nitrogens with one attached hydrogen (secondary N) is 2. The van der Waals surface area contributed by atoms with Crippen molar-refractivity contribution in [2.24, 2.45) is 5.73 Å². The number of benzene rings is 1. The average Bonchev–Trinajstić information content (AvgIpc) is 2.18. The highest BCUT2D eigenvalue weighted by molar-refractivity contribution is 5.45. The minimum atomic E-state index is 0. The van der Waals surface area contributed by atoms with Crippen LogP contribution >= 0.6 is 0 Å². The van der Waals surface area contributed by atoms with E-state index in [4.69, 9.17) is 5.73 Å². The summed E-state index contributed by atoms with van der Waals surface area (Å²) < 4.78 is 0. The maximum absolute atomic E-state index is 4.85. The fourth-order valence-electron chi connectivity index (χ4n) is 0.714. The van der Waals surface area contributed by atoms with Gasteiger partial charge in [0, 0.05) is 13.3 Å². The third-order valence-corrected chi connectivity index (χ3v) is 1.54. The van der Waals surface area contributed by atoms with Crippen molar-refractivity contribution in [3.8, 4) is 0 Å². The van der Waals surface area contributed by atoms with E-state index < -0.39 is 0 Å². The molecular formula is C14H29N3. The molecule has 3 heteroatoms. The number of hydrogen-bond donors (Lipinski definition) is 3. The zero-order chi connectivity index (χ0) is 11.4. The second kappa shape index (κ2) is 17.2. The lowest BCUT2D eigenvalue weighted by molar-refractivity contribution is 0.443. The summed E-state index contributed by atoms with van der Waals surface area (Å²) in [6.07, 6.45) is 1.83. The van der Waals surface area contributed by atoms with Gasteiger partial charge in [-0.1, -0.05) is 64.8 Å². The van der Waals surface area contributed by atoms with E-state index >= 15 is 0 Å². The Morgan fingerprint density at radius 1 is 1.18 bits per heavy atom. The molecule has 1 aliphatic rings. The molecule has 4 N–H and O–H groups in total. The van der Waals surface area contributed by atoms with Crippen LogP contribution in [0.15, 0.2) is 36.9 Å². The Labute approximate surface area is 107 Å². The topological polar surface area (TPSA) is 50.1 Å². The van der Waals surface area contributed by atoms with Crippen molar-refractivity contribution in [2.45, 2.75) is 21.8 Å². The maximum atomic E-state index is 4.85. The molecule has 2 rings (SSSR count). The van der Waals surface area contributed by atoms with E-state index in [0.29, 0.717) is 0 Å². The average molecular weight is 239 g/mol. The first kappa shape index (κ1) is 21.2. The summed E-state index contributed by atoms with van der Waals surface area (Å²) in [4.78, 5) is 0. The quantitative estimate of drug-likeness (QED) is 0.706. The summed E-state index contributed by atoms with van der Waals surface area (Å²) in [5.74, 6) is 0. The van der Waals surface area contributed by atoms with Crippen LogP contribution in [0, 0.1) is 0 Å². The van der Waals surface area contributed by atoms with Gasteiger partial charge in [-0.3, -0.25) is 10.6 Å². The summed E-state index contributed by atoms with van der Waals surface area (Å²) in [5, 5.41) is 6.00. The molecule has 17 heavy (non-hydrogen) atoms. The molecule has 0 amide bonds. The highest BCUT2D eigenvalue weighted by atomic mass is 15.2. The minimum Gasteiger partial charge on any atom is -0.331 e. The normalized spacial score (nSPS) is 10.7. The predicted molar refractivity (Wildman–Crippen MR) is 80.7 cm³/mol. The van der Waals surface area contributed by atoms with Gasteiger partial charge in [0.25, 0.3) is 0 Å². The maximum Gasteiger partial charge on any atom is 0.0474 e. The zero-order valence-electron chi connectivity index (χ0n) is 9.37. The Bertz CT molecular complexity index is 226. The molecule has 0 unspecified atom stereocenters. The van der Waals surface area contributed by atoms with Gasteiger partial charge in [0.2, 0.25) is 0 Å². The summed E-state index contributed by atoms with van der Waals surface area (Å²) in [5.41, 5.74) is 6.02. The Balaban J connectivity index is -0.000000188. The molecule has 0 atom stereocenters. The van der Waals surface area contributed by atoms with Crippen molar-refractivity contribution in [3.05, 3.63) is 42.5 Å². The van der Waals surface area contributed by atoms with E-state index in [9.17, 15) is 0 Å². The molecule has 100 valence electrons. The first-order chi connectivity index (χ1) is 7.35. The Kier molecular flexibility index (Phi) is 21.5. The van der Waals surface area contributed by atoms with Crippen LogP contribution < -0.4 is 16.4 Å². The van der Waals surface area contributed by atoms with Crippen LogP contribution in [0.1, 0.15) is 27.3 Å². The van der Waals surface area contributed by atoms with E-state index in [0.717, 1.165) is 19.9 Å². The number of hydrogen-bond acceptors (Lipinski definition) is 3. The van der Waals surface area contributed by atoms with Crippen LogP contribution in [0.4, 0.5) is 0 Å². The molecule has 1 heterocycles. The van der Waals surface area contributed by atoms with E-state index in [1.807, 2.05) is 43.3 Å². The largest absolute Gasteiger partial charge is 0.331 e. The third-order valence-electron chi connectivity index (χ3n) is 1.54. The molecule has 0 spiro atoms. The van der Waals surface area contributed by atoms with Crippen LogP contribution in [0.3, 0.4) is 0 Å². The number of nitrogens with two attached hydrogens (primary N) is 1. The third kappa shape index (κ3) is 14.8. The predicted octanol–water partition coefficient (Wildman–Crippen LogP) is 2.66. The molecule has 1 saturated heterocycles. The van der Waals surface area contributed by atoms with Crippen molar-refractivity contribution >= 4 is 6.08 Å². The lowest BCUT2D eigenvalue weighted by atomic mass is 10.2. The van der Waals surface area contributed by atoms with Gasteiger partial charge in [-0.05, 0) is 12.1 Å². The Morgan fingerprint density at radius 3 is 1.71 bits per heavy atom. The minimum absolute atomic E-state index is 0. The first-order valence-corrected chi connectivity index (χ1v) is 5.14. The van der Waals surface area contributed by atoms with Crippen molar-refractivity contribution in [3.63, 3.8) is 0 Å². The SMILES string of the molecule is C.C.C1NCN1.C=Cc1ccccc1.CCN. The second-order valence-electron chi connectivity index (χ2n) is 2.88. The van der Waals surface area contributed by atoms with Crippen molar-refractivity contribution in [1.82, 2.24) is 10.6 Å². The molecule has 1 aromatic carbocycles. The van der Waals surface area contributed by atoms with Crippen LogP contribution in [0.2, 0.25) is 0 Å². The fourth-order valence-corrected chi connectivity index (χ4v) is 0.714. The molecule has 1 aromatic rings. The monoisotopic (exact) mass is 239 g/mol. The van der Waals surface area contributed by atoms with Gasteiger partial charge in [-0.25, -0.2) is 0 Å². The van der Waals surface area contributed by atoms with Gasteiger partial charge in [-0.15, -0.1) is 0 Å². The van der Waals surface area contributed by atoms with Crippen molar-refractivity contribution in [2.75, 3.05) is 19.9 Å². The van der Waals surface area contributed by atoms with Crippen LogP contribution in [-0.2, 0) is 0 Å². The first-order valence-electron chi connectivity index (χ1n) is 5.14. The van der Waals surface area contributed by atoms with E-state index in [1.165, 1.54) is 5.56 Å². The summed E-state index contributed by atoms with van der Waals surface area (Å²) in [6.45, 7) is 8.28. The molecule has 1 aliphatic heterocycles. The summed E-state index contributed by atoms with van der Waals surface area (Å²) >= 11 is 0.